The van der Waals surface area contributed by atoms with Gasteiger partial charge in [0.1, 0.15) is 5.75 Å². The van der Waals surface area contributed by atoms with E-state index in [0.29, 0.717) is 38.4 Å². The van der Waals surface area contributed by atoms with Crippen LogP contribution in [0.4, 0.5) is 0 Å². The Morgan fingerprint density at radius 2 is 1.82 bits per heavy atom. The Bertz CT molecular complexity index is 838. The van der Waals surface area contributed by atoms with Crippen molar-refractivity contribution in [3.05, 3.63) is 53.5 Å². The van der Waals surface area contributed by atoms with E-state index in [2.05, 4.69) is 12.1 Å². The first-order valence-electron chi connectivity index (χ1n) is 10.1. The summed E-state index contributed by atoms with van der Waals surface area (Å²) in [5, 5.41) is 0. The van der Waals surface area contributed by atoms with Crippen molar-refractivity contribution in [1.82, 2.24) is 9.80 Å². The van der Waals surface area contributed by atoms with Gasteiger partial charge in [0.25, 0.3) is 11.8 Å². The summed E-state index contributed by atoms with van der Waals surface area (Å²) in [6, 6.07) is 9.54. The van der Waals surface area contributed by atoms with Crippen LogP contribution in [0.15, 0.2) is 41.0 Å². The zero-order valence-electron chi connectivity index (χ0n) is 16.2. The molecule has 148 valence electrons. The maximum absolute atomic E-state index is 13.0. The van der Waals surface area contributed by atoms with Crippen LogP contribution in [0.3, 0.4) is 0 Å². The molecule has 0 N–H and O–H groups in total. The number of amides is 2. The highest BCUT2D eigenvalue weighted by atomic mass is 16.5. The van der Waals surface area contributed by atoms with Crippen molar-refractivity contribution in [2.24, 2.45) is 0 Å². The zero-order chi connectivity index (χ0) is 19.5. The predicted octanol–water partition coefficient (Wildman–Crippen LogP) is 2.91. The van der Waals surface area contributed by atoms with Crippen molar-refractivity contribution in [1.29, 1.82) is 0 Å². The Kier molecular flexibility index (Phi) is 5.37. The summed E-state index contributed by atoms with van der Waals surface area (Å²) in [5.41, 5.74) is 2.73. The molecule has 6 heteroatoms. The SMILES string of the molecule is CCC(Oc1ccc2c(c1)CCC2)C(=O)N1CCN(C(=O)c2ccco2)CC1. The van der Waals surface area contributed by atoms with E-state index < -0.39 is 6.10 Å². The fourth-order valence-electron chi connectivity index (χ4n) is 3.98. The number of piperazine rings is 1. The van der Waals surface area contributed by atoms with Crippen molar-refractivity contribution >= 4 is 11.8 Å². The van der Waals surface area contributed by atoms with Gasteiger partial charge in [-0.05, 0) is 61.1 Å². The van der Waals surface area contributed by atoms with Gasteiger partial charge in [-0.2, -0.15) is 0 Å². The van der Waals surface area contributed by atoms with E-state index in [9.17, 15) is 9.59 Å². The zero-order valence-corrected chi connectivity index (χ0v) is 16.2. The number of carbonyl (C=O) groups is 2. The second-order valence-electron chi connectivity index (χ2n) is 7.39. The molecule has 4 rings (SSSR count). The number of aryl methyl sites for hydroxylation is 2. The highest BCUT2D eigenvalue weighted by Crippen LogP contribution is 2.27. The summed E-state index contributed by atoms with van der Waals surface area (Å²) < 4.78 is 11.2. The molecule has 1 saturated heterocycles. The molecular formula is C22H26N2O4. The van der Waals surface area contributed by atoms with Gasteiger partial charge in [-0.3, -0.25) is 9.59 Å². The van der Waals surface area contributed by atoms with Crippen LogP contribution in [-0.4, -0.2) is 53.9 Å². The molecule has 1 atom stereocenters. The molecule has 0 saturated carbocycles. The van der Waals surface area contributed by atoms with Gasteiger partial charge in [0.15, 0.2) is 11.9 Å². The predicted molar refractivity (Wildman–Crippen MR) is 104 cm³/mol. The highest BCUT2D eigenvalue weighted by Gasteiger charge is 2.30. The average Bonchev–Trinajstić information content (AvgIpc) is 3.42. The fraction of sp³-hybridized carbons (Fsp3) is 0.455. The Morgan fingerprint density at radius 1 is 1.07 bits per heavy atom. The molecule has 6 nitrogen and oxygen atoms in total. The van der Waals surface area contributed by atoms with Crippen molar-refractivity contribution < 1.29 is 18.7 Å². The Hall–Kier alpha value is -2.76. The normalized spacial score (nSPS) is 17.3. The lowest BCUT2D eigenvalue weighted by Crippen LogP contribution is -2.53. The maximum atomic E-state index is 13.0. The van der Waals surface area contributed by atoms with E-state index in [1.165, 1.54) is 23.8 Å². The minimum Gasteiger partial charge on any atom is -0.481 e. The number of fused-ring (bicyclic) bond motifs is 1. The number of nitrogens with zero attached hydrogens (tertiary/aromatic N) is 2. The topological polar surface area (TPSA) is 63.0 Å². The second-order valence-corrected chi connectivity index (χ2v) is 7.39. The first kappa shape index (κ1) is 18.6. The maximum Gasteiger partial charge on any atom is 0.289 e. The molecule has 1 aliphatic carbocycles. The third-order valence-corrected chi connectivity index (χ3v) is 5.61. The molecule has 2 aliphatic rings. The number of hydrogen-bond acceptors (Lipinski definition) is 4. The van der Waals surface area contributed by atoms with Crippen LogP contribution in [0.1, 0.15) is 41.4 Å². The van der Waals surface area contributed by atoms with Gasteiger partial charge in [-0.25, -0.2) is 0 Å². The first-order valence-corrected chi connectivity index (χ1v) is 10.1. The van der Waals surface area contributed by atoms with Crippen LogP contribution in [0.5, 0.6) is 5.75 Å². The van der Waals surface area contributed by atoms with E-state index in [1.54, 1.807) is 21.9 Å². The lowest BCUT2D eigenvalue weighted by Gasteiger charge is -2.36. The minimum absolute atomic E-state index is 0.00639. The third-order valence-electron chi connectivity index (χ3n) is 5.61. The summed E-state index contributed by atoms with van der Waals surface area (Å²) in [7, 11) is 0. The van der Waals surface area contributed by atoms with E-state index >= 15 is 0 Å². The summed E-state index contributed by atoms with van der Waals surface area (Å²) in [6.07, 6.45) is 5.02. The smallest absolute Gasteiger partial charge is 0.289 e. The van der Waals surface area contributed by atoms with E-state index in [0.717, 1.165) is 18.6 Å². The largest absolute Gasteiger partial charge is 0.481 e. The highest BCUT2D eigenvalue weighted by molar-refractivity contribution is 5.91. The van der Waals surface area contributed by atoms with E-state index in [4.69, 9.17) is 9.15 Å². The van der Waals surface area contributed by atoms with Crippen molar-refractivity contribution in [3.8, 4) is 5.75 Å². The number of furan rings is 1. The van der Waals surface area contributed by atoms with Crippen LogP contribution in [-0.2, 0) is 17.6 Å². The molecule has 1 unspecified atom stereocenters. The van der Waals surface area contributed by atoms with Crippen LogP contribution >= 0.6 is 0 Å². The van der Waals surface area contributed by atoms with Gasteiger partial charge in [0.05, 0.1) is 6.26 Å². The molecule has 0 bridgehead atoms. The van der Waals surface area contributed by atoms with Gasteiger partial charge in [0.2, 0.25) is 0 Å². The van der Waals surface area contributed by atoms with Gasteiger partial charge >= 0.3 is 0 Å². The summed E-state index contributed by atoms with van der Waals surface area (Å²) >= 11 is 0. The molecule has 1 aromatic heterocycles. The van der Waals surface area contributed by atoms with E-state index in [1.807, 2.05) is 13.0 Å². The third kappa shape index (κ3) is 3.77. The van der Waals surface area contributed by atoms with Gasteiger partial charge in [-0.1, -0.05) is 13.0 Å². The minimum atomic E-state index is -0.494. The monoisotopic (exact) mass is 382 g/mol. The first-order chi connectivity index (χ1) is 13.7. The lowest BCUT2D eigenvalue weighted by molar-refractivity contribution is -0.140. The molecule has 0 spiro atoms. The van der Waals surface area contributed by atoms with Gasteiger partial charge in [0, 0.05) is 26.2 Å². The van der Waals surface area contributed by atoms with Crippen LogP contribution in [0.25, 0.3) is 0 Å². The van der Waals surface area contributed by atoms with Gasteiger partial charge < -0.3 is 19.0 Å². The number of rotatable bonds is 5. The van der Waals surface area contributed by atoms with E-state index in [-0.39, 0.29) is 11.8 Å². The number of benzene rings is 1. The molecule has 1 aromatic carbocycles. The molecule has 2 amide bonds. The molecular weight excluding hydrogens is 356 g/mol. The fourth-order valence-corrected chi connectivity index (χ4v) is 3.98. The molecule has 28 heavy (non-hydrogen) atoms. The molecule has 2 aromatic rings. The Morgan fingerprint density at radius 3 is 2.54 bits per heavy atom. The van der Waals surface area contributed by atoms with Crippen molar-refractivity contribution in [2.45, 2.75) is 38.7 Å². The Labute approximate surface area is 165 Å². The van der Waals surface area contributed by atoms with Gasteiger partial charge in [-0.15, -0.1) is 0 Å². The van der Waals surface area contributed by atoms with Crippen LogP contribution in [0.2, 0.25) is 0 Å². The number of carbonyl (C=O) groups excluding carboxylic acids is 2. The average molecular weight is 382 g/mol. The summed E-state index contributed by atoms with van der Waals surface area (Å²) in [4.78, 5) is 28.8. The Balaban J connectivity index is 1.35. The second kappa shape index (κ2) is 8.09. The lowest BCUT2D eigenvalue weighted by atomic mass is 10.1. The molecule has 0 radical (unpaired) electrons. The summed E-state index contributed by atoms with van der Waals surface area (Å²) in [6.45, 7) is 3.98. The quantitative estimate of drug-likeness (QED) is 0.798. The summed E-state index contributed by atoms with van der Waals surface area (Å²) in [5.74, 6) is 0.977. The molecule has 1 fully saturated rings. The number of hydrogen-bond donors (Lipinski definition) is 0. The molecule has 2 heterocycles. The molecule has 1 aliphatic heterocycles. The van der Waals surface area contributed by atoms with Crippen LogP contribution in [0, 0.1) is 0 Å². The van der Waals surface area contributed by atoms with Crippen molar-refractivity contribution in [3.63, 3.8) is 0 Å². The van der Waals surface area contributed by atoms with Crippen LogP contribution < -0.4 is 4.74 Å². The van der Waals surface area contributed by atoms with Crippen molar-refractivity contribution in [2.75, 3.05) is 26.2 Å². The standard InChI is InChI=1S/C22H26N2O4/c1-2-19(28-18-9-8-16-5-3-6-17(16)15-18)21(25)23-10-12-24(13-11-23)22(26)20-7-4-14-27-20/h4,7-9,14-15,19H,2-3,5-6,10-13H2,1H3. The number of ether oxygens (including phenoxy) is 1.